The predicted molar refractivity (Wildman–Crippen MR) is 141 cm³/mol. The minimum Gasteiger partial charge on any atom is -0.497 e. The van der Waals surface area contributed by atoms with Crippen LogP contribution in [0.15, 0.2) is 69.6 Å². The number of benzene rings is 2. The number of hydrogen-bond donors (Lipinski definition) is 0. The van der Waals surface area contributed by atoms with Gasteiger partial charge in [0.05, 0.1) is 42.3 Å². The van der Waals surface area contributed by atoms with E-state index in [4.69, 9.17) is 9.47 Å². The summed E-state index contributed by atoms with van der Waals surface area (Å²) in [5.41, 5.74) is 3.01. The van der Waals surface area contributed by atoms with Crippen molar-refractivity contribution >= 4 is 34.5 Å². The molecule has 0 radical (unpaired) electrons. The van der Waals surface area contributed by atoms with Crippen molar-refractivity contribution < 1.29 is 19.1 Å². The Bertz CT molecular complexity index is 1610. The molecule has 2 aliphatic heterocycles. The highest BCUT2D eigenvalue weighted by Gasteiger charge is 2.37. The molecule has 0 saturated heterocycles. The third-order valence-electron chi connectivity index (χ3n) is 6.52. The van der Waals surface area contributed by atoms with Crippen molar-refractivity contribution in [2.75, 3.05) is 25.2 Å². The molecule has 1 amide bonds. The molecule has 1 unspecified atom stereocenters. The lowest BCUT2D eigenvalue weighted by molar-refractivity contribution is -0.139. The van der Waals surface area contributed by atoms with Crippen LogP contribution in [0.2, 0.25) is 0 Å². The average Bonchev–Trinajstić information content (AvgIpc) is 3.36. The second-order valence-electron chi connectivity index (χ2n) is 8.74. The molecule has 1 atom stereocenters. The first-order valence-corrected chi connectivity index (χ1v) is 13.0. The molecule has 1 aromatic heterocycles. The summed E-state index contributed by atoms with van der Waals surface area (Å²) in [6.45, 7) is 6.23. The summed E-state index contributed by atoms with van der Waals surface area (Å²) in [6.07, 6.45) is 0.786. The van der Waals surface area contributed by atoms with Gasteiger partial charge >= 0.3 is 5.97 Å². The topological polar surface area (TPSA) is 90.2 Å². The van der Waals surface area contributed by atoms with Crippen molar-refractivity contribution in [3.05, 3.63) is 90.6 Å². The van der Waals surface area contributed by atoms with Gasteiger partial charge in [-0.05, 0) is 44.0 Å². The number of fused-ring (bicyclic) bond motifs is 2. The summed E-state index contributed by atoms with van der Waals surface area (Å²) < 4.78 is 12.5. The van der Waals surface area contributed by atoms with Gasteiger partial charge in [-0.1, -0.05) is 48.6 Å². The number of carbonyl (C=O) groups excluding carboxylic acids is 2. The number of aromatic nitrogens is 1. The van der Waals surface area contributed by atoms with Gasteiger partial charge in [-0.2, -0.15) is 0 Å². The molecular weight excluding hydrogens is 490 g/mol. The quantitative estimate of drug-likeness (QED) is 0.469. The molecule has 37 heavy (non-hydrogen) atoms. The number of allylic oxidation sites excluding steroid dienone is 1. The maximum atomic E-state index is 14.1. The lowest BCUT2D eigenvalue weighted by atomic mass is 9.96. The molecule has 190 valence electrons. The van der Waals surface area contributed by atoms with Crippen LogP contribution < -0.4 is 24.5 Å². The minimum absolute atomic E-state index is 0.193. The predicted octanol–water partition coefficient (Wildman–Crippen LogP) is 2.93. The normalized spacial score (nSPS) is 17.9. The SMILES string of the molecule is CCCN1C(=O)/C(=c2\sc3n(c2=O)C(c2ccc(OC)cc2)C(C(=O)OCC)=C(C)N=3)c2ccccc21. The van der Waals surface area contributed by atoms with Crippen LogP contribution in [0, 0.1) is 0 Å². The number of nitrogens with zero attached hydrogens (tertiary/aromatic N) is 3. The number of ether oxygens (including phenoxy) is 2. The molecule has 0 N–H and O–H groups in total. The molecule has 0 spiro atoms. The van der Waals surface area contributed by atoms with E-state index in [9.17, 15) is 14.4 Å². The van der Waals surface area contributed by atoms with Gasteiger partial charge in [0.1, 0.15) is 10.3 Å². The van der Waals surface area contributed by atoms with Crippen LogP contribution in [0.3, 0.4) is 0 Å². The van der Waals surface area contributed by atoms with Gasteiger partial charge in [-0.25, -0.2) is 9.79 Å². The third kappa shape index (κ3) is 3.99. The fourth-order valence-corrected chi connectivity index (χ4v) is 6.03. The van der Waals surface area contributed by atoms with Crippen molar-refractivity contribution in [2.24, 2.45) is 4.99 Å². The molecule has 3 aromatic rings. The van der Waals surface area contributed by atoms with Crippen LogP contribution in [-0.2, 0) is 14.3 Å². The van der Waals surface area contributed by atoms with Crippen molar-refractivity contribution in [2.45, 2.75) is 33.2 Å². The van der Waals surface area contributed by atoms with Gasteiger partial charge in [0.25, 0.3) is 11.5 Å². The first-order chi connectivity index (χ1) is 17.9. The largest absolute Gasteiger partial charge is 0.497 e. The summed E-state index contributed by atoms with van der Waals surface area (Å²) in [4.78, 5) is 47.5. The second kappa shape index (κ2) is 9.82. The van der Waals surface area contributed by atoms with Gasteiger partial charge in [-0.3, -0.25) is 14.2 Å². The number of esters is 1. The number of carbonyl (C=O) groups is 2. The van der Waals surface area contributed by atoms with Gasteiger partial charge in [0.2, 0.25) is 0 Å². The summed E-state index contributed by atoms with van der Waals surface area (Å²) >= 11 is 1.17. The molecule has 2 aliphatic rings. The zero-order valence-electron chi connectivity index (χ0n) is 21.1. The molecule has 9 heteroatoms. The van der Waals surface area contributed by atoms with Crippen molar-refractivity contribution in [3.8, 4) is 5.75 Å². The highest BCUT2D eigenvalue weighted by molar-refractivity contribution is 7.07. The number of methoxy groups -OCH3 is 1. The Morgan fingerprint density at radius 3 is 2.49 bits per heavy atom. The van der Waals surface area contributed by atoms with E-state index in [1.54, 1.807) is 38.0 Å². The van der Waals surface area contributed by atoms with E-state index in [1.807, 2.05) is 43.3 Å². The Morgan fingerprint density at radius 1 is 1.08 bits per heavy atom. The Balaban J connectivity index is 1.79. The maximum absolute atomic E-state index is 14.1. The number of hydrogen-bond acceptors (Lipinski definition) is 7. The smallest absolute Gasteiger partial charge is 0.338 e. The Hall–Kier alpha value is -3.98. The molecule has 0 bridgehead atoms. The van der Waals surface area contributed by atoms with Gasteiger partial charge in [0, 0.05) is 12.1 Å². The first-order valence-electron chi connectivity index (χ1n) is 12.2. The first kappa shape index (κ1) is 24.7. The number of rotatable bonds is 6. The monoisotopic (exact) mass is 517 g/mol. The maximum Gasteiger partial charge on any atom is 0.338 e. The lowest BCUT2D eigenvalue weighted by Crippen LogP contribution is -2.41. The minimum atomic E-state index is -0.756. The van der Waals surface area contributed by atoms with Crippen LogP contribution in [0.5, 0.6) is 5.75 Å². The molecule has 0 fully saturated rings. The van der Waals surface area contributed by atoms with E-state index >= 15 is 0 Å². The Morgan fingerprint density at radius 2 is 1.81 bits per heavy atom. The van der Waals surface area contributed by atoms with E-state index in [0.717, 1.165) is 17.7 Å². The number of anilines is 1. The van der Waals surface area contributed by atoms with Gasteiger partial charge in [0.15, 0.2) is 4.80 Å². The molecule has 3 heterocycles. The standard InChI is InChI=1S/C28H27N3O5S/c1-5-15-30-20-10-8-7-9-19(20)22(25(30)32)24-26(33)31-23(17-11-13-18(35-4)14-12-17)21(27(34)36-6-2)16(3)29-28(31)37-24/h7-14,23H,5-6,15H2,1-4H3/b24-22-. The summed E-state index contributed by atoms with van der Waals surface area (Å²) in [5, 5.41) is 0. The van der Waals surface area contributed by atoms with Crippen molar-refractivity contribution in [1.29, 1.82) is 0 Å². The van der Waals surface area contributed by atoms with Crippen molar-refractivity contribution in [1.82, 2.24) is 4.57 Å². The van der Waals surface area contributed by atoms with E-state index in [0.29, 0.717) is 44.0 Å². The van der Waals surface area contributed by atoms with E-state index in [2.05, 4.69) is 4.99 Å². The lowest BCUT2D eigenvalue weighted by Gasteiger charge is -2.24. The number of para-hydroxylation sites is 1. The van der Waals surface area contributed by atoms with Crippen LogP contribution in [-0.4, -0.2) is 36.7 Å². The number of thiazole rings is 1. The Labute approximate surface area is 217 Å². The fraction of sp³-hybridized carbons (Fsp3) is 0.286. The van der Waals surface area contributed by atoms with E-state index < -0.39 is 12.0 Å². The number of amides is 1. The van der Waals surface area contributed by atoms with Crippen LogP contribution >= 0.6 is 11.3 Å². The summed E-state index contributed by atoms with van der Waals surface area (Å²) in [5.74, 6) is -0.0736. The molecule has 2 aromatic carbocycles. The van der Waals surface area contributed by atoms with E-state index in [-0.39, 0.29) is 18.1 Å². The van der Waals surface area contributed by atoms with Crippen LogP contribution in [0.25, 0.3) is 5.57 Å². The summed E-state index contributed by atoms with van der Waals surface area (Å²) in [7, 11) is 1.58. The third-order valence-corrected chi connectivity index (χ3v) is 7.58. The highest BCUT2D eigenvalue weighted by Crippen LogP contribution is 2.36. The van der Waals surface area contributed by atoms with Gasteiger partial charge in [-0.15, -0.1) is 0 Å². The average molecular weight is 518 g/mol. The molecule has 5 rings (SSSR count). The molecule has 0 saturated carbocycles. The van der Waals surface area contributed by atoms with Crippen LogP contribution in [0.4, 0.5) is 5.69 Å². The molecular formula is C28H27N3O5S. The molecule has 0 aliphatic carbocycles. The molecule has 8 nitrogen and oxygen atoms in total. The Kier molecular flexibility index (Phi) is 6.55. The van der Waals surface area contributed by atoms with Crippen LogP contribution in [0.1, 0.15) is 44.4 Å². The second-order valence-corrected chi connectivity index (χ2v) is 9.72. The highest BCUT2D eigenvalue weighted by atomic mass is 32.1. The zero-order chi connectivity index (χ0) is 26.3. The van der Waals surface area contributed by atoms with E-state index in [1.165, 1.54) is 15.9 Å². The fourth-order valence-electron chi connectivity index (χ4n) is 4.89. The van der Waals surface area contributed by atoms with Crippen molar-refractivity contribution in [3.63, 3.8) is 0 Å². The van der Waals surface area contributed by atoms with Gasteiger partial charge < -0.3 is 14.4 Å². The zero-order valence-corrected chi connectivity index (χ0v) is 21.9. The summed E-state index contributed by atoms with van der Waals surface area (Å²) in [6, 6.07) is 14.0.